The number of anilines is 2. The minimum atomic E-state index is -0.278. The molecule has 9 aliphatic rings. The average molecular weight is 829 g/mol. The van der Waals surface area contributed by atoms with Crippen molar-refractivity contribution in [2.24, 2.45) is 23.7 Å². The molecule has 10 nitrogen and oxygen atoms in total. The molecule has 0 amide bonds. The molecule has 0 N–H and O–H groups in total. The smallest absolute Gasteiger partial charge is 0.269 e. The molecule has 2 unspecified atom stereocenters. The molecule has 316 valence electrons. The van der Waals surface area contributed by atoms with Gasteiger partial charge in [0.25, 0.3) is 11.4 Å². The summed E-state index contributed by atoms with van der Waals surface area (Å²) in [4.78, 5) is 28.4. The number of piperidine rings is 2. The molecular formula is C52H56N6O4+2. The van der Waals surface area contributed by atoms with Crippen LogP contribution in [0.3, 0.4) is 0 Å². The van der Waals surface area contributed by atoms with Crippen LogP contribution in [0.5, 0.6) is 0 Å². The number of rotatable bonds is 8. The van der Waals surface area contributed by atoms with Crippen molar-refractivity contribution in [1.29, 1.82) is 0 Å². The summed E-state index contributed by atoms with van der Waals surface area (Å²) in [5, 5.41) is 23.3. The maximum Gasteiger partial charge on any atom is 0.269 e. The summed E-state index contributed by atoms with van der Waals surface area (Å²) < 4.78 is 2.15. The van der Waals surface area contributed by atoms with E-state index >= 15 is 0 Å². The van der Waals surface area contributed by atoms with E-state index in [0.29, 0.717) is 35.8 Å². The standard InChI is InChI=1S/C52H56N6O4/c1-3-35-31-57(29-33-13-17-37(18-14-33)55(59)60)23-21-51-43-9-5-8-12-46(43)54-28-42-40-26-48-52(22-24-58(48,32-36(40)4-2)30-34-15-19-38(20-16-34)56(61)62)44-10-6-7-11-45(44)53(50(42)52)27-41(49(51)54)39(35)25-47(51)57/h5-20,27-28,35-36,39-40,47-50H,3-4,21-26,29-32H2,1-2H3/q+2/b41-27-,42-28-/t35-,36-,39+,40+,47+,48+,49+,50+,51-,52-,57?,58?/m1/s1. The molecule has 0 radical (unpaired) electrons. The third-order valence-electron chi connectivity index (χ3n) is 19.0. The number of hydrogen-bond donors (Lipinski definition) is 0. The first kappa shape index (κ1) is 37.3. The van der Waals surface area contributed by atoms with E-state index in [2.05, 4.69) is 84.6 Å². The van der Waals surface area contributed by atoms with Crippen molar-refractivity contribution in [2.75, 3.05) is 36.0 Å². The van der Waals surface area contributed by atoms with Crippen molar-refractivity contribution in [3.63, 3.8) is 0 Å². The lowest BCUT2D eigenvalue weighted by molar-refractivity contribution is -0.964. The molecule has 2 aliphatic carbocycles. The monoisotopic (exact) mass is 828 g/mol. The van der Waals surface area contributed by atoms with Crippen molar-refractivity contribution in [2.45, 2.75) is 100 Å². The fourth-order valence-corrected chi connectivity index (χ4v) is 16.9. The normalized spacial score (nSPS) is 39.9. The van der Waals surface area contributed by atoms with Crippen LogP contribution in [0.1, 0.15) is 74.6 Å². The third-order valence-corrected chi connectivity index (χ3v) is 19.0. The highest BCUT2D eigenvalue weighted by Crippen LogP contribution is 2.70. The van der Waals surface area contributed by atoms with Crippen LogP contribution in [0.15, 0.2) is 121 Å². The zero-order valence-electron chi connectivity index (χ0n) is 35.8. The summed E-state index contributed by atoms with van der Waals surface area (Å²) >= 11 is 0. The largest absolute Gasteiger partial charge is 0.339 e. The Morgan fingerprint density at radius 3 is 1.39 bits per heavy atom. The van der Waals surface area contributed by atoms with Gasteiger partial charge in [0.2, 0.25) is 0 Å². The van der Waals surface area contributed by atoms with E-state index in [4.69, 9.17) is 0 Å². The molecule has 0 aromatic heterocycles. The molecule has 62 heavy (non-hydrogen) atoms. The van der Waals surface area contributed by atoms with Crippen LogP contribution in [0.25, 0.3) is 0 Å². The van der Waals surface area contributed by atoms with Gasteiger partial charge < -0.3 is 18.8 Å². The maximum absolute atomic E-state index is 11.6. The van der Waals surface area contributed by atoms with E-state index in [9.17, 15) is 20.2 Å². The maximum atomic E-state index is 11.6. The molecule has 13 rings (SSSR count). The van der Waals surface area contributed by atoms with Crippen LogP contribution in [0, 0.1) is 43.9 Å². The lowest BCUT2D eigenvalue weighted by Crippen LogP contribution is -2.70. The fraction of sp³-hybridized carbons (Fsp3) is 0.462. The van der Waals surface area contributed by atoms with Crippen molar-refractivity contribution >= 4 is 22.7 Å². The average Bonchev–Trinajstić information content (AvgIpc) is 3.98. The first-order chi connectivity index (χ1) is 30.1. The second-order valence-corrected chi connectivity index (χ2v) is 21.0. The Kier molecular flexibility index (Phi) is 7.61. The third kappa shape index (κ3) is 4.52. The van der Waals surface area contributed by atoms with Crippen LogP contribution >= 0.6 is 0 Å². The van der Waals surface area contributed by atoms with Crippen LogP contribution in [0.2, 0.25) is 0 Å². The Morgan fingerprint density at radius 2 is 1.00 bits per heavy atom. The molecule has 4 aromatic rings. The summed E-state index contributed by atoms with van der Waals surface area (Å²) in [5.74, 6) is 2.04. The number of non-ortho nitro benzene ring substituents is 2. The molecule has 4 bridgehead atoms. The van der Waals surface area contributed by atoms with Crippen molar-refractivity contribution in [3.05, 3.63) is 163 Å². The fourth-order valence-electron chi connectivity index (χ4n) is 16.9. The van der Waals surface area contributed by atoms with Crippen LogP contribution in [0.4, 0.5) is 22.7 Å². The topological polar surface area (TPSA) is 92.8 Å². The number of benzene rings is 4. The second-order valence-electron chi connectivity index (χ2n) is 21.0. The van der Waals surface area contributed by atoms with Crippen molar-refractivity contribution < 1.29 is 18.8 Å². The quantitative estimate of drug-likeness (QED) is 0.0999. The Hall–Kier alpha value is -5.32. The number of hydrogen-bond acceptors (Lipinski definition) is 6. The molecule has 2 saturated carbocycles. The van der Waals surface area contributed by atoms with Gasteiger partial charge in [-0.25, -0.2) is 0 Å². The Balaban J connectivity index is 0.991. The highest BCUT2D eigenvalue weighted by atomic mass is 16.6. The SMILES string of the molecule is CC[C@@H]1C[N+]2(Cc3ccc([N+](=O)[O-])cc3)CC[C@@]34c5ccccc5N5/C=C6/[C@H]7C[C@H]8[C@@]9(CC[N+]8(Cc8ccc([N+](=O)[O-])cc8)C[C@H]7CC)c7ccccc7N(/C=C(/[C@H]1C[C@@H]32)[C@H]54)[C@@H]69. The van der Waals surface area contributed by atoms with E-state index < -0.39 is 0 Å². The summed E-state index contributed by atoms with van der Waals surface area (Å²) in [5.41, 5.74) is 11.9. The molecular weight excluding hydrogens is 773 g/mol. The van der Waals surface area contributed by atoms with E-state index in [1.807, 2.05) is 24.3 Å². The molecule has 4 saturated heterocycles. The summed E-state index contributed by atoms with van der Waals surface area (Å²) in [6.07, 6.45) is 12.4. The molecule has 7 heterocycles. The van der Waals surface area contributed by atoms with Gasteiger partial charge in [-0.2, -0.15) is 0 Å². The van der Waals surface area contributed by atoms with Crippen LogP contribution in [-0.2, 0) is 23.9 Å². The number of nitro groups is 2. The molecule has 7 aliphatic heterocycles. The Bertz CT molecular complexity index is 2460. The number of nitro benzene ring substituents is 2. The molecule has 10 heteroatoms. The van der Waals surface area contributed by atoms with E-state index in [-0.39, 0.29) is 44.1 Å². The lowest BCUT2D eigenvalue weighted by Gasteiger charge is -2.60. The molecule has 12 atom stereocenters. The second kappa shape index (κ2) is 12.7. The zero-order valence-corrected chi connectivity index (χ0v) is 35.8. The van der Waals surface area contributed by atoms with Crippen molar-refractivity contribution in [1.82, 2.24) is 0 Å². The predicted octanol–water partition coefficient (Wildman–Crippen LogP) is 9.54. The molecule has 6 fully saturated rings. The van der Waals surface area contributed by atoms with Gasteiger partial charge in [-0.05, 0) is 83.3 Å². The van der Waals surface area contributed by atoms with Gasteiger partial charge in [-0.15, -0.1) is 0 Å². The van der Waals surface area contributed by atoms with Gasteiger partial charge in [0, 0.05) is 96.7 Å². The Labute approximate surface area is 363 Å². The minimum Gasteiger partial charge on any atom is -0.339 e. The first-order valence-corrected chi connectivity index (χ1v) is 23.5. The van der Waals surface area contributed by atoms with Gasteiger partial charge in [0.15, 0.2) is 0 Å². The van der Waals surface area contributed by atoms with Gasteiger partial charge in [0.1, 0.15) is 25.2 Å². The van der Waals surface area contributed by atoms with Gasteiger partial charge in [-0.1, -0.05) is 50.2 Å². The molecule has 2 spiro atoms. The van der Waals surface area contributed by atoms with E-state index in [1.165, 1.54) is 46.5 Å². The van der Waals surface area contributed by atoms with Gasteiger partial charge in [-0.3, -0.25) is 20.2 Å². The molecule has 4 aromatic carbocycles. The summed E-state index contributed by atoms with van der Waals surface area (Å²) in [7, 11) is 0. The van der Waals surface area contributed by atoms with Gasteiger partial charge in [0.05, 0.1) is 58.9 Å². The van der Waals surface area contributed by atoms with Crippen LogP contribution in [-0.4, -0.2) is 69.2 Å². The Morgan fingerprint density at radius 1 is 0.597 bits per heavy atom. The number of para-hydroxylation sites is 2. The highest BCUT2D eigenvalue weighted by Gasteiger charge is 2.76. The van der Waals surface area contributed by atoms with Crippen LogP contribution < -0.4 is 9.80 Å². The number of fused-ring (bicyclic) bond motifs is 8. The first-order valence-electron chi connectivity index (χ1n) is 23.5. The summed E-state index contributed by atoms with van der Waals surface area (Å²) in [6, 6.07) is 35.3. The minimum absolute atomic E-state index is 0.0304. The number of quaternary nitrogens is 2. The van der Waals surface area contributed by atoms with E-state index in [1.54, 1.807) is 35.4 Å². The lowest BCUT2D eigenvalue weighted by atomic mass is 9.54. The predicted molar refractivity (Wildman–Crippen MR) is 239 cm³/mol. The zero-order chi connectivity index (χ0) is 41.9. The number of nitrogens with zero attached hydrogens (tertiary/aromatic N) is 6. The van der Waals surface area contributed by atoms with Gasteiger partial charge >= 0.3 is 0 Å². The van der Waals surface area contributed by atoms with E-state index in [0.717, 1.165) is 73.9 Å². The van der Waals surface area contributed by atoms with Crippen molar-refractivity contribution in [3.8, 4) is 0 Å². The highest BCUT2D eigenvalue weighted by molar-refractivity contribution is 5.76. The summed E-state index contributed by atoms with van der Waals surface area (Å²) in [6.45, 7) is 11.2.